The number of anilines is 1. The zero-order chi connectivity index (χ0) is 15.5. The molecular weight excluding hydrogens is 296 g/mol. The second kappa shape index (κ2) is 6.52. The highest BCUT2D eigenvalue weighted by Gasteiger charge is 2.27. The van der Waals surface area contributed by atoms with Gasteiger partial charge in [0.2, 0.25) is 11.1 Å². The van der Waals surface area contributed by atoms with E-state index in [1.807, 2.05) is 24.3 Å². The molecule has 0 unspecified atom stereocenters. The quantitative estimate of drug-likeness (QED) is 0.800. The number of carbonyl (C=O) groups is 1. The van der Waals surface area contributed by atoms with Crippen molar-refractivity contribution in [1.82, 2.24) is 15.2 Å². The lowest BCUT2D eigenvalue weighted by molar-refractivity contribution is -0.113. The van der Waals surface area contributed by atoms with Gasteiger partial charge < -0.3 is 5.32 Å². The Morgan fingerprint density at radius 1 is 1.41 bits per heavy atom. The number of hydrogen-bond donors (Lipinski definition) is 2. The average molecular weight is 316 g/mol. The van der Waals surface area contributed by atoms with Gasteiger partial charge in [-0.3, -0.25) is 9.89 Å². The molecule has 1 aliphatic carbocycles. The SMILES string of the molecule is CC(C)c1ccccc1NC(=O)CSc1n[nH]c(C2CC2)n1. The average Bonchev–Trinajstić information content (AvgIpc) is 3.24. The number of nitrogens with zero attached hydrogens (tertiary/aromatic N) is 2. The number of amides is 1. The Labute approximate surface area is 134 Å². The molecule has 0 aliphatic heterocycles. The van der Waals surface area contributed by atoms with Crippen LogP contribution in [0.25, 0.3) is 0 Å². The van der Waals surface area contributed by atoms with E-state index in [1.165, 1.54) is 24.6 Å². The maximum absolute atomic E-state index is 12.1. The lowest BCUT2D eigenvalue weighted by Gasteiger charge is -2.13. The standard InChI is InChI=1S/C16H20N4OS/c1-10(2)12-5-3-4-6-13(12)17-14(21)9-22-16-18-15(19-20-16)11-7-8-11/h3-6,10-11H,7-9H2,1-2H3,(H,17,21)(H,18,19,20). The molecule has 1 heterocycles. The number of carbonyl (C=O) groups excluding carboxylic acids is 1. The second-order valence-electron chi connectivity index (χ2n) is 5.86. The predicted octanol–water partition coefficient (Wildman–Crippen LogP) is 3.54. The van der Waals surface area contributed by atoms with E-state index in [0.717, 1.165) is 17.1 Å². The molecule has 1 aromatic heterocycles. The van der Waals surface area contributed by atoms with Gasteiger partial charge in [-0.15, -0.1) is 5.10 Å². The zero-order valence-electron chi connectivity index (χ0n) is 12.8. The number of nitrogens with one attached hydrogen (secondary N) is 2. The summed E-state index contributed by atoms with van der Waals surface area (Å²) >= 11 is 1.36. The first-order valence-electron chi connectivity index (χ1n) is 7.57. The molecule has 6 heteroatoms. The minimum absolute atomic E-state index is 0.0316. The molecular formula is C16H20N4OS. The van der Waals surface area contributed by atoms with Crippen LogP contribution in [0.1, 0.15) is 49.9 Å². The third-order valence-electron chi connectivity index (χ3n) is 3.64. The van der Waals surface area contributed by atoms with Crippen LogP contribution in [0, 0.1) is 0 Å². The molecule has 1 aliphatic rings. The number of para-hydroxylation sites is 1. The van der Waals surface area contributed by atoms with Crippen LogP contribution in [0.5, 0.6) is 0 Å². The Balaban J connectivity index is 1.55. The van der Waals surface area contributed by atoms with Crippen molar-refractivity contribution in [3.8, 4) is 0 Å². The van der Waals surface area contributed by atoms with Gasteiger partial charge in [-0.05, 0) is 30.4 Å². The van der Waals surface area contributed by atoms with Crippen LogP contribution in [0.4, 0.5) is 5.69 Å². The van der Waals surface area contributed by atoms with Crippen LogP contribution < -0.4 is 5.32 Å². The van der Waals surface area contributed by atoms with E-state index in [-0.39, 0.29) is 5.91 Å². The van der Waals surface area contributed by atoms with Crippen LogP contribution in [-0.2, 0) is 4.79 Å². The van der Waals surface area contributed by atoms with Crippen LogP contribution in [0.15, 0.2) is 29.4 Å². The maximum Gasteiger partial charge on any atom is 0.234 e. The molecule has 5 nitrogen and oxygen atoms in total. The largest absolute Gasteiger partial charge is 0.325 e. The van der Waals surface area contributed by atoms with E-state index in [0.29, 0.717) is 22.7 Å². The molecule has 22 heavy (non-hydrogen) atoms. The topological polar surface area (TPSA) is 70.7 Å². The minimum atomic E-state index is -0.0316. The Bertz CT molecular complexity index is 664. The fraction of sp³-hybridized carbons (Fsp3) is 0.438. The molecule has 0 radical (unpaired) electrons. The van der Waals surface area contributed by atoms with Crippen molar-refractivity contribution in [3.63, 3.8) is 0 Å². The van der Waals surface area contributed by atoms with Gasteiger partial charge in [0.25, 0.3) is 0 Å². The van der Waals surface area contributed by atoms with E-state index in [9.17, 15) is 4.79 Å². The van der Waals surface area contributed by atoms with Gasteiger partial charge in [-0.1, -0.05) is 43.8 Å². The number of H-pyrrole nitrogens is 1. The molecule has 3 rings (SSSR count). The summed E-state index contributed by atoms with van der Waals surface area (Å²) in [5, 5.41) is 10.7. The summed E-state index contributed by atoms with van der Waals surface area (Å²) in [6.45, 7) is 4.24. The zero-order valence-corrected chi connectivity index (χ0v) is 13.6. The molecule has 0 bridgehead atoms. The van der Waals surface area contributed by atoms with Crippen LogP contribution >= 0.6 is 11.8 Å². The molecule has 116 valence electrons. The van der Waals surface area contributed by atoms with Crippen LogP contribution in [-0.4, -0.2) is 26.8 Å². The highest BCUT2D eigenvalue weighted by molar-refractivity contribution is 7.99. The molecule has 2 N–H and O–H groups in total. The minimum Gasteiger partial charge on any atom is -0.325 e. The molecule has 0 spiro atoms. The van der Waals surface area contributed by atoms with Gasteiger partial charge in [0.15, 0.2) is 0 Å². The summed E-state index contributed by atoms with van der Waals surface area (Å²) in [4.78, 5) is 16.5. The maximum atomic E-state index is 12.1. The van der Waals surface area contributed by atoms with E-state index in [4.69, 9.17) is 0 Å². The van der Waals surface area contributed by atoms with Gasteiger partial charge in [0.1, 0.15) is 5.82 Å². The smallest absolute Gasteiger partial charge is 0.234 e. The Kier molecular flexibility index (Phi) is 4.47. The summed E-state index contributed by atoms with van der Waals surface area (Å²) in [5.41, 5.74) is 2.03. The Morgan fingerprint density at radius 3 is 2.91 bits per heavy atom. The monoisotopic (exact) mass is 316 g/mol. The molecule has 1 saturated carbocycles. The molecule has 0 atom stereocenters. The van der Waals surface area contributed by atoms with Crippen molar-refractivity contribution >= 4 is 23.4 Å². The van der Waals surface area contributed by atoms with Crippen molar-refractivity contribution in [2.75, 3.05) is 11.1 Å². The number of rotatable bonds is 6. The third kappa shape index (κ3) is 3.68. The lowest BCUT2D eigenvalue weighted by Crippen LogP contribution is -2.15. The van der Waals surface area contributed by atoms with E-state index in [2.05, 4.69) is 34.3 Å². The van der Waals surface area contributed by atoms with Gasteiger partial charge in [0, 0.05) is 11.6 Å². The first kappa shape index (κ1) is 15.1. The third-order valence-corrected chi connectivity index (χ3v) is 4.48. The van der Waals surface area contributed by atoms with Crippen molar-refractivity contribution in [1.29, 1.82) is 0 Å². The van der Waals surface area contributed by atoms with Crippen LogP contribution in [0.3, 0.4) is 0 Å². The molecule has 1 aromatic carbocycles. The first-order valence-corrected chi connectivity index (χ1v) is 8.56. The van der Waals surface area contributed by atoms with Crippen molar-refractivity contribution < 1.29 is 4.79 Å². The number of thioether (sulfide) groups is 1. The highest BCUT2D eigenvalue weighted by Crippen LogP contribution is 2.38. The Morgan fingerprint density at radius 2 is 2.18 bits per heavy atom. The fourth-order valence-corrected chi connectivity index (χ4v) is 2.90. The normalized spacial score (nSPS) is 14.3. The summed E-state index contributed by atoms with van der Waals surface area (Å²) < 4.78 is 0. The number of aromatic nitrogens is 3. The summed E-state index contributed by atoms with van der Waals surface area (Å²) in [7, 11) is 0. The highest BCUT2D eigenvalue weighted by atomic mass is 32.2. The van der Waals surface area contributed by atoms with Gasteiger partial charge in [-0.25, -0.2) is 4.98 Å². The second-order valence-corrected chi connectivity index (χ2v) is 6.80. The molecule has 1 fully saturated rings. The summed E-state index contributed by atoms with van der Waals surface area (Å²) in [6, 6.07) is 7.92. The van der Waals surface area contributed by atoms with Crippen molar-refractivity contribution in [2.45, 2.75) is 43.7 Å². The van der Waals surface area contributed by atoms with Gasteiger partial charge in [0.05, 0.1) is 5.75 Å². The van der Waals surface area contributed by atoms with Crippen molar-refractivity contribution in [2.24, 2.45) is 0 Å². The lowest BCUT2D eigenvalue weighted by atomic mass is 10.0. The fourth-order valence-electron chi connectivity index (χ4n) is 2.29. The van der Waals surface area contributed by atoms with E-state index in [1.54, 1.807) is 0 Å². The van der Waals surface area contributed by atoms with E-state index < -0.39 is 0 Å². The first-order chi connectivity index (χ1) is 10.6. The summed E-state index contributed by atoms with van der Waals surface area (Å²) in [6.07, 6.45) is 2.37. The van der Waals surface area contributed by atoms with Crippen LogP contribution in [0.2, 0.25) is 0 Å². The number of aromatic amines is 1. The van der Waals surface area contributed by atoms with Gasteiger partial charge in [-0.2, -0.15) is 0 Å². The molecule has 0 saturated heterocycles. The number of benzene rings is 1. The predicted molar refractivity (Wildman–Crippen MR) is 88.2 cm³/mol. The van der Waals surface area contributed by atoms with Crippen molar-refractivity contribution in [3.05, 3.63) is 35.7 Å². The summed E-state index contributed by atoms with van der Waals surface area (Å²) in [5.74, 6) is 2.16. The molecule has 2 aromatic rings. The Hall–Kier alpha value is -1.82. The van der Waals surface area contributed by atoms with Gasteiger partial charge >= 0.3 is 0 Å². The molecule has 1 amide bonds. The van der Waals surface area contributed by atoms with E-state index >= 15 is 0 Å². The number of hydrogen-bond acceptors (Lipinski definition) is 4.